The van der Waals surface area contributed by atoms with E-state index in [4.69, 9.17) is 28.4 Å². The van der Waals surface area contributed by atoms with E-state index < -0.39 is 124 Å². The second kappa shape index (κ2) is 45.9. The van der Waals surface area contributed by atoms with Gasteiger partial charge in [0, 0.05) is 6.42 Å². The fourth-order valence-electron chi connectivity index (χ4n) is 9.86. The summed E-state index contributed by atoms with van der Waals surface area (Å²) in [4.78, 5) is 13.2. The van der Waals surface area contributed by atoms with Crippen LogP contribution >= 0.6 is 0 Å². The lowest BCUT2D eigenvalue weighted by atomic mass is 9.96. The largest absolute Gasteiger partial charge is 0.394 e. The number of rotatable bonds is 44. The first-order chi connectivity index (χ1) is 40.3. The van der Waals surface area contributed by atoms with Gasteiger partial charge in [-0.25, -0.2) is 0 Å². The van der Waals surface area contributed by atoms with E-state index in [1.165, 1.54) is 12.8 Å². The summed E-state index contributed by atoms with van der Waals surface area (Å²) in [5, 5.41) is 120. The molecule has 3 aliphatic rings. The molecule has 3 rings (SSSR count). The molecule has 0 aromatic carbocycles. The molecule has 17 unspecified atom stereocenters. The van der Waals surface area contributed by atoms with Crippen molar-refractivity contribution < 1.29 is 89.4 Å². The van der Waals surface area contributed by atoms with E-state index in [1.54, 1.807) is 0 Å². The molecule has 19 heteroatoms. The average Bonchev–Trinajstić information content (AvgIpc) is 3.52. The Kier molecular flexibility index (Phi) is 40.9. The molecule has 3 fully saturated rings. The summed E-state index contributed by atoms with van der Waals surface area (Å²) in [5.74, 6) is -0.265. The van der Waals surface area contributed by atoms with Crippen molar-refractivity contribution in [3.05, 3.63) is 97.2 Å². The minimum atomic E-state index is -1.97. The van der Waals surface area contributed by atoms with Crippen LogP contribution in [0.4, 0.5) is 0 Å². The van der Waals surface area contributed by atoms with Gasteiger partial charge in [0.15, 0.2) is 18.9 Å². The number of hydrogen-bond acceptors (Lipinski definition) is 18. The van der Waals surface area contributed by atoms with Gasteiger partial charge < -0.3 is 89.9 Å². The lowest BCUT2D eigenvalue weighted by Gasteiger charge is -2.48. The number of aliphatic hydroxyl groups excluding tert-OH is 11. The standard InChI is InChI=1S/C64H107NO18/c1-3-5-7-9-10-11-12-13-14-15-16-17-18-19-20-21-22-23-24-25-26-27-28-29-30-31-32-33-34-35-36-38-40-42-52(70)65-47(48(69)41-39-37-8-6-4-2)46-78-62-58(76)55(73)60(50(44-67)80-62)83-64-59(77)56(74)61(51(45-68)81-64)82-63-57(75)54(72)53(71)49(43-66)79-63/h5,7,10-11,13-14,16-17,19-20,22-23,25-26,28-29,47-51,53-64,66-69,71-77H,3-4,6,8-9,12,15,18,21,24,27,30-46H2,1-2H3,(H,65,70)/b7-5-,11-10-,14-13-,17-16-,20-19-,23-22-,26-25-,29-28-. The number of nitrogens with one attached hydrogen (secondary N) is 1. The van der Waals surface area contributed by atoms with Crippen LogP contribution in [0.5, 0.6) is 0 Å². The highest BCUT2D eigenvalue weighted by Gasteiger charge is 2.53. The summed E-state index contributed by atoms with van der Waals surface area (Å²) >= 11 is 0. The maximum Gasteiger partial charge on any atom is 0.220 e. The van der Waals surface area contributed by atoms with Crippen LogP contribution in [0, 0.1) is 0 Å². The molecule has 0 spiro atoms. The Hall–Kier alpha value is -3.29. The number of hydrogen-bond donors (Lipinski definition) is 12. The molecule has 83 heavy (non-hydrogen) atoms. The van der Waals surface area contributed by atoms with Crippen LogP contribution < -0.4 is 5.32 Å². The summed E-state index contributed by atoms with van der Waals surface area (Å²) in [6, 6.07) is -0.894. The number of allylic oxidation sites excluding steroid dienone is 16. The van der Waals surface area contributed by atoms with Gasteiger partial charge >= 0.3 is 0 Å². The number of unbranched alkanes of at least 4 members (excludes halogenated alkanes) is 12. The fourth-order valence-corrected chi connectivity index (χ4v) is 9.86. The second-order valence-electron chi connectivity index (χ2n) is 21.8. The van der Waals surface area contributed by atoms with Gasteiger partial charge in [0.05, 0.1) is 38.6 Å². The summed E-state index contributed by atoms with van der Waals surface area (Å²) < 4.78 is 34.1. The number of carbonyl (C=O) groups is 1. The summed E-state index contributed by atoms with van der Waals surface area (Å²) in [7, 11) is 0. The molecule has 17 atom stereocenters. The highest BCUT2D eigenvalue weighted by molar-refractivity contribution is 5.76. The lowest BCUT2D eigenvalue weighted by Crippen LogP contribution is -2.66. The maximum absolute atomic E-state index is 13.2. The van der Waals surface area contributed by atoms with E-state index in [0.29, 0.717) is 19.3 Å². The molecule has 19 nitrogen and oxygen atoms in total. The predicted molar refractivity (Wildman–Crippen MR) is 318 cm³/mol. The van der Waals surface area contributed by atoms with Crippen molar-refractivity contribution in [2.75, 3.05) is 26.4 Å². The number of carbonyl (C=O) groups excluding carboxylic acids is 1. The highest BCUT2D eigenvalue weighted by atomic mass is 16.8. The first kappa shape index (κ1) is 74.0. The van der Waals surface area contributed by atoms with E-state index in [-0.39, 0.29) is 18.9 Å². The Morgan fingerprint density at radius 1 is 0.446 bits per heavy atom. The lowest BCUT2D eigenvalue weighted by molar-refractivity contribution is -0.379. The normalized spacial score (nSPS) is 30.1. The zero-order chi connectivity index (χ0) is 60.5. The third-order valence-corrected chi connectivity index (χ3v) is 14.9. The van der Waals surface area contributed by atoms with Crippen molar-refractivity contribution in [3.63, 3.8) is 0 Å². The number of ether oxygens (including phenoxy) is 6. The molecule has 0 aromatic rings. The minimum absolute atomic E-state index is 0.248. The first-order valence-electron chi connectivity index (χ1n) is 31.0. The molecule has 3 saturated heterocycles. The van der Waals surface area contributed by atoms with Crippen molar-refractivity contribution >= 4 is 5.91 Å². The van der Waals surface area contributed by atoms with E-state index in [1.807, 2.05) is 0 Å². The smallest absolute Gasteiger partial charge is 0.220 e. The molecule has 3 aliphatic heterocycles. The molecule has 0 aromatic heterocycles. The Balaban J connectivity index is 1.32. The van der Waals surface area contributed by atoms with Crippen LogP contribution in [-0.4, -0.2) is 193 Å². The van der Waals surface area contributed by atoms with Crippen LogP contribution in [0.3, 0.4) is 0 Å². The van der Waals surface area contributed by atoms with Gasteiger partial charge in [-0.15, -0.1) is 0 Å². The van der Waals surface area contributed by atoms with Gasteiger partial charge in [-0.2, -0.15) is 0 Å². The van der Waals surface area contributed by atoms with Gasteiger partial charge in [0.25, 0.3) is 0 Å². The van der Waals surface area contributed by atoms with Crippen LogP contribution in [0.25, 0.3) is 0 Å². The molecule has 0 saturated carbocycles. The molecular formula is C64H107NO18. The van der Waals surface area contributed by atoms with Crippen molar-refractivity contribution in [2.24, 2.45) is 0 Å². The van der Waals surface area contributed by atoms with Crippen LogP contribution in [0.2, 0.25) is 0 Å². The number of amides is 1. The van der Waals surface area contributed by atoms with E-state index in [2.05, 4.69) is 116 Å². The molecule has 0 radical (unpaired) electrons. The van der Waals surface area contributed by atoms with Gasteiger partial charge in [0.2, 0.25) is 5.91 Å². The van der Waals surface area contributed by atoms with Crippen LogP contribution in [0.1, 0.15) is 168 Å². The van der Waals surface area contributed by atoms with E-state index in [0.717, 1.165) is 116 Å². The molecular weight excluding hydrogens is 1070 g/mol. The predicted octanol–water partition coefficient (Wildman–Crippen LogP) is 6.15. The molecule has 476 valence electrons. The molecule has 0 bridgehead atoms. The third-order valence-electron chi connectivity index (χ3n) is 14.9. The SMILES string of the molecule is CC/C=C\C/C=C\C/C=C\C/C=C\C/C=C\C/C=C\C/C=C\C/C=C\CCCCCCCCCCC(=O)NC(COC1OC(CO)C(OC2OC(CO)C(OC3OC(CO)C(O)C(O)C3O)C(O)C2O)C(O)C1O)C(O)CCCCCCC. The van der Waals surface area contributed by atoms with Crippen molar-refractivity contribution in [1.82, 2.24) is 5.32 Å². The first-order valence-corrected chi connectivity index (χ1v) is 31.0. The Morgan fingerprint density at radius 2 is 0.831 bits per heavy atom. The Bertz CT molecular complexity index is 1890. The minimum Gasteiger partial charge on any atom is -0.394 e. The zero-order valence-corrected chi connectivity index (χ0v) is 49.6. The monoisotopic (exact) mass is 1180 g/mol. The third kappa shape index (κ3) is 29.3. The molecule has 0 aliphatic carbocycles. The summed E-state index contributed by atoms with van der Waals surface area (Å²) in [6.07, 6.45) is 31.5. The maximum atomic E-state index is 13.2. The second-order valence-corrected chi connectivity index (χ2v) is 21.8. The topological polar surface area (TPSA) is 307 Å². The molecule has 1 amide bonds. The summed E-state index contributed by atoms with van der Waals surface area (Å²) in [5.41, 5.74) is 0. The van der Waals surface area contributed by atoms with Crippen LogP contribution in [0.15, 0.2) is 97.2 Å². The summed E-state index contributed by atoms with van der Waals surface area (Å²) in [6.45, 7) is 1.53. The van der Waals surface area contributed by atoms with Gasteiger partial charge in [0.1, 0.15) is 73.2 Å². The zero-order valence-electron chi connectivity index (χ0n) is 49.6. The quantitative estimate of drug-likeness (QED) is 0.0241. The molecule has 12 N–H and O–H groups in total. The van der Waals surface area contributed by atoms with Crippen LogP contribution in [-0.2, 0) is 33.2 Å². The van der Waals surface area contributed by atoms with Crippen molar-refractivity contribution in [2.45, 2.75) is 272 Å². The molecule has 3 heterocycles. The van der Waals surface area contributed by atoms with E-state index in [9.17, 15) is 61.0 Å². The van der Waals surface area contributed by atoms with Gasteiger partial charge in [-0.05, 0) is 77.0 Å². The average molecular weight is 1180 g/mol. The fraction of sp³-hybridized carbons (Fsp3) is 0.734. The van der Waals surface area contributed by atoms with E-state index >= 15 is 0 Å². The Morgan fingerprint density at radius 3 is 1.30 bits per heavy atom. The highest BCUT2D eigenvalue weighted by Crippen LogP contribution is 2.33. The van der Waals surface area contributed by atoms with Gasteiger partial charge in [-0.3, -0.25) is 4.79 Å². The van der Waals surface area contributed by atoms with Crippen molar-refractivity contribution in [3.8, 4) is 0 Å². The van der Waals surface area contributed by atoms with Crippen molar-refractivity contribution in [1.29, 1.82) is 0 Å². The number of aliphatic hydroxyl groups is 11. The Labute approximate surface area is 494 Å². The van der Waals surface area contributed by atoms with Gasteiger partial charge in [-0.1, -0.05) is 182 Å².